The molecule has 0 atom stereocenters. The largest absolute Gasteiger partial charge is 0.390 e. The maximum atomic E-state index is 12.2. The van der Waals surface area contributed by atoms with Crippen molar-refractivity contribution in [2.24, 2.45) is 0 Å². The van der Waals surface area contributed by atoms with Crippen molar-refractivity contribution < 1.29 is 21.6 Å². The van der Waals surface area contributed by atoms with E-state index in [1.165, 1.54) is 6.20 Å². The summed E-state index contributed by atoms with van der Waals surface area (Å²) in [6.45, 7) is 2.12. The van der Waals surface area contributed by atoms with Crippen molar-refractivity contribution in [3.63, 3.8) is 0 Å². The number of aromatic nitrogens is 2. The van der Waals surface area contributed by atoms with Crippen LogP contribution in [0.1, 0.15) is 18.9 Å². The van der Waals surface area contributed by atoms with Crippen LogP contribution in [0.4, 0.5) is 13.2 Å². The third-order valence-electron chi connectivity index (χ3n) is 2.62. The van der Waals surface area contributed by atoms with E-state index in [1.54, 1.807) is 0 Å². The lowest BCUT2D eigenvalue weighted by Crippen LogP contribution is -2.31. The molecule has 0 aliphatic rings. The summed E-state index contributed by atoms with van der Waals surface area (Å²) < 4.78 is 61.4. The Morgan fingerprint density at radius 1 is 1.45 bits per heavy atom. The van der Waals surface area contributed by atoms with Crippen LogP contribution in [-0.2, 0) is 16.6 Å². The van der Waals surface area contributed by atoms with Crippen molar-refractivity contribution in [1.29, 1.82) is 0 Å². The average Bonchev–Trinajstić information content (AvgIpc) is 2.81. The number of H-pyrrole nitrogens is 1. The molecule has 1 aromatic heterocycles. The summed E-state index contributed by atoms with van der Waals surface area (Å²) in [5.74, 6) is 0. The summed E-state index contributed by atoms with van der Waals surface area (Å²) >= 11 is 0. The molecule has 1 aromatic rings. The molecule has 0 aliphatic carbocycles. The number of hydrogen-bond acceptors (Lipinski definition) is 4. The van der Waals surface area contributed by atoms with Crippen molar-refractivity contribution in [2.45, 2.75) is 31.1 Å². The van der Waals surface area contributed by atoms with E-state index >= 15 is 0 Å². The first-order valence-corrected chi connectivity index (χ1v) is 7.38. The van der Waals surface area contributed by atoms with Gasteiger partial charge in [0.15, 0.2) is 5.03 Å². The summed E-state index contributed by atoms with van der Waals surface area (Å²) in [7, 11) is -2.89. The molecule has 2 N–H and O–H groups in total. The highest BCUT2D eigenvalue weighted by Gasteiger charge is 2.31. The third-order valence-corrected chi connectivity index (χ3v) is 4.49. The highest BCUT2D eigenvalue weighted by Crippen LogP contribution is 2.22. The maximum absolute atomic E-state index is 12.2. The zero-order valence-corrected chi connectivity index (χ0v) is 12.0. The number of nitrogens with one attached hydrogen (secondary N) is 2. The van der Waals surface area contributed by atoms with Crippen LogP contribution in [0.5, 0.6) is 0 Å². The Morgan fingerprint density at radius 3 is 2.65 bits per heavy atom. The van der Waals surface area contributed by atoms with E-state index < -0.39 is 29.2 Å². The average molecular weight is 314 g/mol. The molecule has 0 fully saturated rings. The maximum Gasteiger partial charge on any atom is 0.390 e. The van der Waals surface area contributed by atoms with Gasteiger partial charge in [0.1, 0.15) is 0 Å². The zero-order valence-electron chi connectivity index (χ0n) is 11.2. The molecule has 1 heterocycles. The van der Waals surface area contributed by atoms with Crippen molar-refractivity contribution in [2.75, 3.05) is 20.1 Å². The first-order chi connectivity index (χ1) is 9.18. The minimum absolute atomic E-state index is 0.178. The van der Waals surface area contributed by atoms with Crippen LogP contribution < -0.4 is 5.32 Å². The summed E-state index contributed by atoms with van der Waals surface area (Å²) in [4.78, 5) is 0. The first kappa shape index (κ1) is 16.9. The highest BCUT2D eigenvalue weighted by molar-refractivity contribution is 7.89. The second kappa shape index (κ2) is 6.55. The van der Waals surface area contributed by atoms with Crippen LogP contribution in [0.25, 0.3) is 0 Å². The van der Waals surface area contributed by atoms with Gasteiger partial charge in [0.05, 0.1) is 12.6 Å². The minimum atomic E-state index is -4.40. The van der Waals surface area contributed by atoms with Crippen LogP contribution in [0.2, 0.25) is 0 Å². The van der Waals surface area contributed by atoms with Gasteiger partial charge in [-0.2, -0.15) is 22.6 Å². The molecule has 1 rings (SSSR count). The van der Waals surface area contributed by atoms with Gasteiger partial charge in [0.2, 0.25) is 0 Å². The molecule has 20 heavy (non-hydrogen) atoms. The van der Waals surface area contributed by atoms with E-state index in [4.69, 9.17) is 0 Å². The van der Waals surface area contributed by atoms with Crippen molar-refractivity contribution in [3.8, 4) is 0 Å². The second-order valence-electron chi connectivity index (χ2n) is 4.20. The predicted molar refractivity (Wildman–Crippen MR) is 66.5 cm³/mol. The number of alkyl halides is 3. The van der Waals surface area contributed by atoms with E-state index in [0.717, 1.165) is 7.05 Å². The summed E-state index contributed by atoms with van der Waals surface area (Å²) in [6.07, 6.45) is -4.25. The zero-order chi connectivity index (χ0) is 15.4. The lowest BCUT2D eigenvalue weighted by Gasteiger charge is -2.17. The molecule has 6 nitrogen and oxygen atoms in total. The molecule has 0 saturated carbocycles. The molecule has 10 heteroatoms. The second-order valence-corrected chi connectivity index (χ2v) is 6.18. The Labute approximate surface area is 115 Å². The standard InChI is InChI=1S/C10H17F3N4O2S/c1-3-14-6-8-7-15-16-9(8)20(18,19)17(2)5-4-10(11,12)13/h7,14H,3-6H2,1-2H3,(H,15,16). The highest BCUT2D eigenvalue weighted by atomic mass is 32.2. The minimum Gasteiger partial charge on any atom is -0.313 e. The van der Waals surface area contributed by atoms with Gasteiger partial charge in [0, 0.05) is 25.7 Å². The number of nitrogens with zero attached hydrogens (tertiary/aromatic N) is 2. The smallest absolute Gasteiger partial charge is 0.313 e. The van der Waals surface area contributed by atoms with Gasteiger partial charge in [-0.05, 0) is 6.54 Å². The van der Waals surface area contributed by atoms with Gasteiger partial charge in [-0.25, -0.2) is 8.42 Å². The summed E-state index contributed by atoms with van der Waals surface area (Å²) in [6, 6.07) is 0. The van der Waals surface area contributed by atoms with Gasteiger partial charge < -0.3 is 5.32 Å². The van der Waals surface area contributed by atoms with Gasteiger partial charge in [-0.3, -0.25) is 5.10 Å². The monoisotopic (exact) mass is 314 g/mol. The molecular weight excluding hydrogens is 297 g/mol. The van der Waals surface area contributed by atoms with Crippen LogP contribution >= 0.6 is 0 Å². The normalized spacial score (nSPS) is 13.1. The van der Waals surface area contributed by atoms with Gasteiger partial charge in [-0.1, -0.05) is 6.92 Å². The van der Waals surface area contributed by atoms with Crippen LogP contribution in [0.3, 0.4) is 0 Å². The molecule has 0 radical (unpaired) electrons. The van der Waals surface area contributed by atoms with Crippen molar-refractivity contribution in [1.82, 2.24) is 19.8 Å². The lowest BCUT2D eigenvalue weighted by molar-refractivity contribution is -0.135. The van der Waals surface area contributed by atoms with Crippen molar-refractivity contribution >= 4 is 10.0 Å². The molecule has 0 unspecified atom stereocenters. The molecular formula is C10H17F3N4O2S. The van der Waals surface area contributed by atoms with E-state index in [1.807, 2.05) is 6.92 Å². The van der Waals surface area contributed by atoms with Crippen LogP contribution in [-0.4, -0.2) is 49.2 Å². The third kappa shape index (κ3) is 4.46. The molecule has 0 bridgehead atoms. The predicted octanol–water partition coefficient (Wildman–Crippen LogP) is 1.09. The first-order valence-electron chi connectivity index (χ1n) is 5.94. The SMILES string of the molecule is CCNCc1cn[nH]c1S(=O)(=O)N(C)CCC(F)(F)F. The Morgan fingerprint density at radius 2 is 2.10 bits per heavy atom. The molecule has 0 spiro atoms. The van der Waals surface area contributed by atoms with Crippen LogP contribution in [0.15, 0.2) is 11.2 Å². The summed E-state index contributed by atoms with van der Waals surface area (Å²) in [5, 5.41) is 8.73. The molecule has 0 aromatic carbocycles. The number of halogens is 3. The van der Waals surface area contributed by atoms with Crippen LogP contribution in [0, 0.1) is 0 Å². The molecule has 116 valence electrons. The Balaban J connectivity index is 2.85. The number of sulfonamides is 1. The fraction of sp³-hybridized carbons (Fsp3) is 0.700. The Hall–Kier alpha value is -1.13. The molecule has 0 aliphatic heterocycles. The molecule has 0 amide bonds. The summed E-state index contributed by atoms with van der Waals surface area (Å²) in [5.41, 5.74) is 0.394. The Bertz CT molecular complexity index is 527. The topological polar surface area (TPSA) is 78.1 Å². The molecule has 0 saturated heterocycles. The van der Waals surface area contributed by atoms with E-state index in [0.29, 0.717) is 16.4 Å². The number of aromatic amines is 1. The Kier molecular flexibility index (Phi) is 5.54. The van der Waals surface area contributed by atoms with Gasteiger partial charge in [0.25, 0.3) is 10.0 Å². The van der Waals surface area contributed by atoms with E-state index in [-0.39, 0.29) is 11.6 Å². The quantitative estimate of drug-likeness (QED) is 0.790. The van der Waals surface area contributed by atoms with Crippen molar-refractivity contribution in [3.05, 3.63) is 11.8 Å². The van der Waals surface area contributed by atoms with E-state index in [9.17, 15) is 21.6 Å². The van der Waals surface area contributed by atoms with Gasteiger partial charge in [-0.15, -0.1) is 0 Å². The number of hydrogen-bond donors (Lipinski definition) is 2. The lowest BCUT2D eigenvalue weighted by atomic mass is 10.3. The van der Waals surface area contributed by atoms with Gasteiger partial charge >= 0.3 is 6.18 Å². The fourth-order valence-electron chi connectivity index (χ4n) is 1.47. The number of rotatable bonds is 7. The fourth-order valence-corrected chi connectivity index (χ4v) is 2.74. The van der Waals surface area contributed by atoms with E-state index in [2.05, 4.69) is 15.5 Å².